The minimum absolute atomic E-state index is 0.0606. The van der Waals surface area contributed by atoms with E-state index in [0.717, 1.165) is 24.3 Å². The summed E-state index contributed by atoms with van der Waals surface area (Å²) in [5.41, 5.74) is 0.765. The lowest BCUT2D eigenvalue weighted by molar-refractivity contribution is 0.0580. The number of piperidine rings is 1. The van der Waals surface area contributed by atoms with Gasteiger partial charge in [0.15, 0.2) is 0 Å². The first-order chi connectivity index (χ1) is 9.67. The van der Waals surface area contributed by atoms with Gasteiger partial charge in [-0.05, 0) is 49.9 Å². The van der Waals surface area contributed by atoms with Crippen LogP contribution in [0.1, 0.15) is 25.7 Å². The number of aliphatic hydroxyl groups excluding tert-OH is 1. The Labute approximate surface area is 118 Å². The molecule has 5 nitrogen and oxygen atoms in total. The van der Waals surface area contributed by atoms with Gasteiger partial charge in [-0.25, -0.2) is 4.79 Å². The maximum atomic E-state index is 12.4. The Morgan fingerprint density at radius 2 is 1.85 bits per heavy atom. The molecule has 0 spiro atoms. The number of rotatable bonds is 2. The largest absolute Gasteiger partial charge is 0.497 e. The van der Waals surface area contributed by atoms with Gasteiger partial charge < -0.3 is 20.1 Å². The number of amides is 2. The van der Waals surface area contributed by atoms with Crippen molar-refractivity contribution in [3.63, 3.8) is 0 Å². The fraction of sp³-hybridized carbons (Fsp3) is 0.533. The Balaban J connectivity index is 1.67. The molecule has 2 heterocycles. The lowest BCUT2D eigenvalue weighted by atomic mass is 10.0. The van der Waals surface area contributed by atoms with Gasteiger partial charge in [-0.1, -0.05) is 0 Å². The molecule has 0 aromatic heterocycles. The number of benzene rings is 1. The van der Waals surface area contributed by atoms with Gasteiger partial charge in [0, 0.05) is 17.8 Å². The van der Waals surface area contributed by atoms with Crippen LogP contribution in [0, 0.1) is 0 Å². The van der Waals surface area contributed by atoms with Crippen molar-refractivity contribution in [3.8, 4) is 5.75 Å². The number of ether oxygens (including phenoxy) is 1. The van der Waals surface area contributed by atoms with E-state index in [4.69, 9.17) is 4.74 Å². The molecule has 2 unspecified atom stereocenters. The molecular formula is C15H20N2O3. The van der Waals surface area contributed by atoms with Crippen LogP contribution in [0.15, 0.2) is 24.3 Å². The van der Waals surface area contributed by atoms with E-state index in [0.29, 0.717) is 12.8 Å². The van der Waals surface area contributed by atoms with Gasteiger partial charge in [-0.15, -0.1) is 0 Å². The van der Waals surface area contributed by atoms with E-state index in [1.807, 2.05) is 29.2 Å². The highest BCUT2D eigenvalue weighted by atomic mass is 16.5. The lowest BCUT2D eigenvalue weighted by Gasteiger charge is -2.37. The van der Waals surface area contributed by atoms with Crippen LogP contribution in [0.2, 0.25) is 0 Å². The molecule has 1 aromatic carbocycles. The molecule has 2 amide bonds. The molecule has 3 rings (SSSR count). The summed E-state index contributed by atoms with van der Waals surface area (Å²) in [6.07, 6.45) is 3.15. The van der Waals surface area contributed by atoms with Crippen LogP contribution < -0.4 is 10.1 Å². The zero-order valence-corrected chi connectivity index (χ0v) is 11.6. The number of hydrogen-bond donors (Lipinski definition) is 2. The van der Waals surface area contributed by atoms with Crippen molar-refractivity contribution in [1.82, 2.24) is 4.90 Å². The first-order valence-electron chi connectivity index (χ1n) is 7.09. The average Bonchev–Trinajstić information content (AvgIpc) is 2.72. The number of aliphatic hydroxyl groups is 1. The van der Waals surface area contributed by atoms with Gasteiger partial charge in [-0.3, -0.25) is 0 Å². The molecule has 20 heavy (non-hydrogen) atoms. The molecule has 2 atom stereocenters. The molecule has 2 fully saturated rings. The van der Waals surface area contributed by atoms with Gasteiger partial charge in [0.05, 0.1) is 13.2 Å². The van der Waals surface area contributed by atoms with Crippen LogP contribution >= 0.6 is 0 Å². The predicted octanol–water partition coefficient (Wildman–Crippen LogP) is 2.21. The van der Waals surface area contributed by atoms with Crippen LogP contribution in [0.4, 0.5) is 10.5 Å². The molecule has 1 aromatic rings. The standard InChI is InChI=1S/C15H20N2O3/c1-20-14-6-2-10(3-7-14)16-15(19)17-11-4-5-12(17)9-13(18)8-11/h2-3,6-7,11-13,18H,4-5,8-9H2,1H3,(H,16,19). The number of carbonyl (C=O) groups excluding carboxylic acids is 1. The predicted molar refractivity (Wildman–Crippen MR) is 75.9 cm³/mol. The summed E-state index contributed by atoms with van der Waals surface area (Å²) in [5, 5.41) is 12.7. The third-order valence-corrected chi connectivity index (χ3v) is 4.28. The number of nitrogens with zero attached hydrogens (tertiary/aromatic N) is 1. The van der Waals surface area contributed by atoms with E-state index >= 15 is 0 Å². The summed E-state index contributed by atoms with van der Waals surface area (Å²) >= 11 is 0. The maximum Gasteiger partial charge on any atom is 0.322 e. The first kappa shape index (κ1) is 13.2. The molecule has 2 aliphatic heterocycles. The zero-order chi connectivity index (χ0) is 14.1. The third-order valence-electron chi connectivity index (χ3n) is 4.28. The van der Waals surface area contributed by atoms with Gasteiger partial charge in [0.25, 0.3) is 0 Å². The normalized spacial score (nSPS) is 28.3. The van der Waals surface area contributed by atoms with Gasteiger partial charge >= 0.3 is 6.03 Å². The number of anilines is 1. The Morgan fingerprint density at radius 1 is 1.25 bits per heavy atom. The minimum Gasteiger partial charge on any atom is -0.497 e. The summed E-state index contributed by atoms with van der Waals surface area (Å²) in [6.45, 7) is 0. The quantitative estimate of drug-likeness (QED) is 0.870. The van der Waals surface area contributed by atoms with Crippen LogP contribution in [0.5, 0.6) is 5.75 Å². The van der Waals surface area contributed by atoms with Crippen molar-refractivity contribution < 1.29 is 14.6 Å². The second-order valence-corrected chi connectivity index (χ2v) is 5.58. The second-order valence-electron chi connectivity index (χ2n) is 5.58. The minimum atomic E-state index is -0.252. The summed E-state index contributed by atoms with van der Waals surface area (Å²) in [6, 6.07) is 7.61. The lowest BCUT2D eigenvalue weighted by Crippen LogP contribution is -2.49. The van der Waals surface area contributed by atoms with Gasteiger partial charge in [0.1, 0.15) is 5.75 Å². The molecular weight excluding hydrogens is 256 g/mol. The van der Waals surface area contributed by atoms with E-state index in [2.05, 4.69) is 5.32 Å². The molecule has 2 aliphatic rings. The number of methoxy groups -OCH3 is 1. The van der Waals surface area contributed by atoms with Crippen LogP contribution in [0.3, 0.4) is 0 Å². The number of fused-ring (bicyclic) bond motifs is 2. The monoisotopic (exact) mass is 276 g/mol. The molecule has 108 valence electrons. The van der Waals surface area contributed by atoms with E-state index in [9.17, 15) is 9.90 Å². The number of urea groups is 1. The van der Waals surface area contributed by atoms with Crippen molar-refractivity contribution in [1.29, 1.82) is 0 Å². The second kappa shape index (κ2) is 5.32. The average molecular weight is 276 g/mol. The summed E-state index contributed by atoms with van der Waals surface area (Å²) < 4.78 is 5.10. The molecule has 2 bridgehead atoms. The van der Waals surface area contributed by atoms with Crippen molar-refractivity contribution in [3.05, 3.63) is 24.3 Å². The van der Waals surface area contributed by atoms with Crippen molar-refractivity contribution in [2.75, 3.05) is 12.4 Å². The van der Waals surface area contributed by atoms with Gasteiger partial charge in [0.2, 0.25) is 0 Å². The van der Waals surface area contributed by atoms with Gasteiger partial charge in [-0.2, -0.15) is 0 Å². The molecule has 0 aliphatic carbocycles. The number of carbonyl (C=O) groups is 1. The Hall–Kier alpha value is -1.75. The molecule has 0 saturated carbocycles. The van der Waals surface area contributed by atoms with Crippen molar-refractivity contribution >= 4 is 11.7 Å². The summed E-state index contributed by atoms with van der Waals surface area (Å²) in [5.74, 6) is 0.768. The van der Waals surface area contributed by atoms with Crippen molar-refractivity contribution in [2.24, 2.45) is 0 Å². The number of hydrogen-bond acceptors (Lipinski definition) is 3. The van der Waals surface area contributed by atoms with E-state index in [-0.39, 0.29) is 24.2 Å². The Kier molecular flexibility index (Phi) is 3.53. The summed E-state index contributed by atoms with van der Waals surface area (Å²) in [7, 11) is 1.62. The molecule has 2 saturated heterocycles. The highest BCUT2D eigenvalue weighted by molar-refractivity contribution is 5.90. The van der Waals surface area contributed by atoms with Crippen molar-refractivity contribution in [2.45, 2.75) is 43.9 Å². The van der Waals surface area contributed by atoms with Crippen LogP contribution in [0.25, 0.3) is 0 Å². The van der Waals surface area contributed by atoms with E-state index in [1.54, 1.807) is 7.11 Å². The SMILES string of the molecule is COc1ccc(NC(=O)N2C3CCC2CC(O)C3)cc1. The summed E-state index contributed by atoms with van der Waals surface area (Å²) in [4.78, 5) is 14.3. The molecule has 5 heteroatoms. The van der Waals surface area contributed by atoms with E-state index < -0.39 is 0 Å². The van der Waals surface area contributed by atoms with Crippen LogP contribution in [-0.2, 0) is 0 Å². The first-order valence-corrected chi connectivity index (χ1v) is 7.09. The highest BCUT2D eigenvalue weighted by Crippen LogP contribution is 2.36. The van der Waals surface area contributed by atoms with E-state index in [1.165, 1.54) is 0 Å². The fourth-order valence-corrected chi connectivity index (χ4v) is 3.34. The Morgan fingerprint density at radius 3 is 2.40 bits per heavy atom. The molecule has 0 radical (unpaired) electrons. The zero-order valence-electron chi connectivity index (χ0n) is 11.6. The van der Waals surface area contributed by atoms with Crippen LogP contribution in [-0.4, -0.2) is 41.3 Å². The number of nitrogens with one attached hydrogen (secondary N) is 1. The highest BCUT2D eigenvalue weighted by Gasteiger charge is 2.42. The topological polar surface area (TPSA) is 61.8 Å². The third kappa shape index (κ3) is 2.45. The fourth-order valence-electron chi connectivity index (χ4n) is 3.34. The smallest absolute Gasteiger partial charge is 0.322 e. The maximum absolute atomic E-state index is 12.4. The Bertz CT molecular complexity index is 474. The molecule has 2 N–H and O–H groups in total.